The van der Waals surface area contributed by atoms with Crippen LogP contribution in [0.4, 0.5) is 0 Å². The topological polar surface area (TPSA) is 0 Å². The fraction of sp³-hybridized carbons (Fsp3) is 0.0667. The van der Waals surface area contributed by atoms with Crippen molar-refractivity contribution >= 4 is 32.3 Å². The summed E-state index contributed by atoms with van der Waals surface area (Å²) in [5.74, 6) is 0. The normalized spacial score (nSPS) is 12.7. The van der Waals surface area contributed by atoms with Gasteiger partial charge in [0.2, 0.25) is 0 Å². The summed E-state index contributed by atoms with van der Waals surface area (Å²) < 4.78 is 0. The second-order valence-corrected chi connectivity index (χ2v) is 8.60. The molecule has 0 spiro atoms. The van der Waals surface area contributed by atoms with E-state index in [2.05, 4.69) is 97.1 Å². The van der Waals surface area contributed by atoms with Gasteiger partial charge in [-0.25, -0.2) is 0 Å². The lowest BCUT2D eigenvalue weighted by Gasteiger charge is -2.15. The van der Waals surface area contributed by atoms with E-state index in [0.29, 0.717) is 0 Å². The standard InChI is InChI=1S/C30H20/c1-2-5-19(6-3-1)15-20-9-10-23-17-25-18-24-12-11-21-7-4-8-22-13-14-26(30(24)28(21)22)29(25)27(23)16-20/h1-14,16,18H,15,17H2. The zero-order chi connectivity index (χ0) is 19.7. The maximum atomic E-state index is 2.44. The summed E-state index contributed by atoms with van der Waals surface area (Å²) in [5, 5.41) is 8.27. The minimum atomic E-state index is 0.981. The Kier molecular flexibility index (Phi) is 3.20. The highest BCUT2D eigenvalue weighted by Gasteiger charge is 2.23. The molecule has 1 aliphatic carbocycles. The van der Waals surface area contributed by atoms with E-state index >= 15 is 0 Å². The van der Waals surface area contributed by atoms with Crippen LogP contribution in [-0.4, -0.2) is 0 Å². The summed E-state index contributed by atoms with van der Waals surface area (Å²) >= 11 is 0. The van der Waals surface area contributed by atoms with Crippen LogP contribution in [0.2, 0.25) is 0 Å². The molecule has 140 valence electrons. The molecule has 0 saturated heterocycles. The molecule has 0 fully saturated rings. The molecule has 0 heterocycles. The van der Waals surface area contributed by atoms with Gasteiger partial charge < -0.3 is 0 Å². The summed E-state index contributed by atoms with van der Waals surface area (Å²) in [7, 11) is 0. The lowest BCUT2D eigenvalue weighted by atomic mass is 9.89. The molecule has 0 saturated carbocycles. The molecular formula is C30H20. The summed E-state index contributed by atoms with van der Waals surface area (Å²) in [5.41, 5.74) is 8.55. The Morgan fingerprint density at radius 2 is 1.33 bits per heavy atom. The number of rotatable bonds is 2. The second-order valence-electron chi connectivity index (χ2n) is 8.60. The van der Waals surface area contributed by atoms with Gasteiger partial charge in [-0.05, 0) is 78.5 Å². The minimum Gasteiger partial charge on any atom is -0.0622 e. The van der Waals surface area contributed by atoms with Crippen molar-refractivity contribution < 1.29 is 0 Å². The number of hydrogen-bond donors (Lipinski definition) is 0. The molecular weight excluding hydrogens is 360 g/mol. The van der Waals surface area contributed by atoms with E-state index in [4.69, 9.17) is 0 Å². The highest BCUT2D eigenvalue weighted by atomic mass is 14.3. The van der Waals surface area contributed by atoms with Gasteiger partial charge in [0.25, 0.3) is 0 Å². The van der Waals surface area contributed by atoms with Crippen LogP contribution in [0, 0.1) is 0 Å². The van der Waals surface area contributed by atoms with Gasteiger partial charge in [0.1, 0.15) is 0 Å². The van der Waals surface area contributed by atoms with Crippen LogP contribution in [0.15, 0.2) is 97.1 Å². The molecule has 0 heteroatoms. The zero-order valence-electron chi connectivity index (χ0n) is 16.7. The van der Waals surface area contributed by atoms with Crippen LogP contribution in [0.1, 0.15) is 22.3 Å². The molecule has 0 nitrogen and oxygen atoms in total. The minimum absolute atomic E-state index is 0.981. The van der Waals surface area contributed by atoms with Gasteiger partial charge in [0, 0.05) is 0 Å². The Morgan fingerprint density at radius 3 is 2.20 bits per heavy atom. The molecule has 6 aromatic carbocycles. The fourth-order valence-electron chi connectivity index (χ4n) is 5.49. The smallest absolute Gasteiger partial charge is 0.00130 e. The molecule has 0 amide bonds. The number of hydrogen-bond acceptors (Lipinski definition) is 0. The van der Waals surface area contributed by atoms with Crippen molar-refractivity contribution in [1.29, 1.82) is 0 Å². The molecule has 30 heavy (non-hydrogen) atoms. The summed E-state index contributed by atoms with van der Waals surface area (Å²) in [6.45, 7) is 0. The van der Waals surface area contributed by atoms with Crippen molar-refractivity contribution in [2.75, 3.05) is 0 Å². The van der Waals surface area contributed by atoms with E-state index in [0.717, 1.165) is 12.8 Å². The van der Waals surface area contributed by atoms with Crippen LogP contribution in [0.25, 0.3) is 43.4 Å². The Morgan fingerprint density at radius 1 is 0.533 bits per heavy atom. The van der Waals surface area contributed by atoms with Gasteiger partial charge in [-0.15, -0.1) is 0 Å². The zero-order valence-corrected chi connectivity index (χ0v) is 16.7. The molecule has 0 radical (unpaired) electrons. The highest BCUT2D eigenvalue weighted by molar-refractivity contribution is 6.26. The van der Waals surface area contributed by atoms with Crippen LogP contribution >= 0.6 is 0 Å². The van der Waals surface area contributed by atoms with Crippen LogP contribution in [0.3, 0.4) is 0 Å². The van der Waals surface area contributed by atoms with E-state index in [1.165, 1.54) is 65.7 Å². The Balaban J connectivity index is 1.49. The molecule has 0 N–H and O–H groups in total. The average Bonchev–Trinajstić information content (AvgIpc) is 3.15. The SMILES string of the molecule is c1ccc(Cc2ccc3c(c2)-c2c(cc4ccc5cccc6ccc2c4c56)C3)cc1. The second kappa shape index (κ2) is 5.93. The van der Waals surface area contributed by atoms with Gasteiger partial charge >= 0.3 is 0 Å². The first-order valence-corrected chi connectivity index (χ1v) is 10.7. The average molecular weight is 380 g/mol. The van der Waals surface area contributed by atoms with Crippen molar-refractivity contribution in [2.45, 2.75) is 12.8 Å². The summed E-state index contributed by atoms with van der Waals surface area (Å²) in [6.07, 6.45) is 2.02. The van der Waals surface area contributed by atoms with Crippen LogP contribution in [0.5, 0.6) is 0 Å². The van der Waals surface area contributed by atoms with E-state index < -0.39 is 0 Å². The number of benzene rings is 6. The van der Waals surface area contributed by atoms with Crippen molar-refractivity contribution in [3.8, 4) is 11.1 Å². The lowest BCUT2D eigenvalue weighted by molar-refractivity contribution is 1.18. The molecule has 7 rings (SSSR count). The third-order valence-corrected chi connectivity index (χ3v) is 6.80. The summed E-state index contributed by atoms with van der Waals surface area (Å²) in [4.78, 5) is 0. The highest BCUT2D eigenvalue weighted by Crippen LogP contribution is 2.46. The number of fused-ring (bicyclic) bond motifs is 4. The first kappa shape index (κ1) is 16.2. The van der Waals surface area contributed by atoms with Crippen molar-refractivity contribution in [1.82, 2.24) is 0 Å². The maximum absolute atomic E-state index is 2.44. The molecule has 1 aliphatic rings. The Bertz CT molecular complexity index is 1560. The van der Waals surface area contributed by atoms with Gasteiger partial charge in [-0.3, -0.25) is 0 Å². The van der Waals surface area contributed by atoms with E-state index in [-0.39, 0.29) is 0 Å². The summed E-state index contributed by atoms with van der Waals surface area (Å²) in [6, 6.07) is 36.2. The van der Waals surface area contributed by atoms with Gasteiger partial charge in [0.05, 0.1) is 0 Å². The van der Waals surface area contributed by atoms with Gasteiger partial charge in [0.15, 0.2) is 0 Å². The van der Waals surface area contributed by atoms with Gasteiger partial charge in [-0.2, -0.15) is 0 Å². The molecule has 0 bridgehead atoms. The maximum Gasteiger partial charge on any atom is -0.00130 e. The third kappa shape index (κ3) is 2.22. The molecule has 0 aromatic heterocycles. The third-order valence-electron chi connectivity index (χ3n) is 6.80. The predicted molar refractivity (Wildman–Crippen MR) is 128 cm³/mol. The largest absolute Gasteiger partial charge is 0.0622 e. The molecule has 6 aromatic rings. The Labute approximate surface area is 175 Å². The molecule has 0 atom stereocenters. The fourth-order valence-corrected chi connectivity index (χ4v) is 5.49. The molecule has 0 unspecified atom stereocenters. The quantitative estimate of drug-likeness (QED) is 0.269. The monoisotopic (exact) mass is 380 g/mol. The van der Waals surface area contributed by atoms with Crippen molar-refractivity contribution in [2.24, 2.45) is 0 Å². The van der Waals surface area contributed by atoms with Crippen molar-refractivity contribution in [3.05, 3.63) is 119 Å². The molecule has 0 aliphatic heterocycles. The van der Waals surface area contributed by atoms with Crippen LogP contribution in [-0.2, 0) is 12.8 Å². The van der Waals surface area contributed by atoms with Crippen LogP contribution < -0.4 is 0 Å². The Hall–Kier alpha value is -3.64. The predicted octanol–water partition coefficient (Wildman–Crippen LogP) is 7.75. The van der Waals surface area contributed by atoms with E-state index in [9.17, 15) is 0 Å². The van der Waals surface area contributed by atoms with Gasteiger partial charge in [-0.1, -0.05) is 97.1 Å². The van der Waals surface area contributed by atoms with E-state index in [1.807, 2.05) is 0 Å². The first-order valence-electron chi connectivity index (χ1n) is 10.7. The van der Waals surface area contributed by atoms with E-state index in [1.54, 1.807) is 0 Å². The lowest BCUT2D eigenvalue weighted by Crippen LogP contribution is -1.90. The first-order chi connectivity index (χ1) is 14.8. The van der Waals surface area contributed by atoms with Crippen molar-refractivity contribution in [3.63, 3.8) is 0 Å².